The van der Waals surface area contributed by atoms with Crippen LogP contribution in [0.25, 0.3) is 0 Å². The lowest BCUT2D eigenvalue weighted by molar-refractivity contribution is 0.0529. The van der Waals surface area contributed by atoms with Crippen molar-refractivity contribution in [2.75, 3.05) is 43.0 Å². The van der Waals surface area contributed by atoms with Crippen molar-refractivity contribution in [3.8, 4) is 0 Å². The van der Waals surface area contributed by atoms with E-state index in [9.17, 15) is 0 Å². The van der Waals surface area contributed by atoms with Crippen molar-refractivity contribution in [3.63, 3.8) is 0 Å². The van der Waals surface area contributed by atoms with Gasteiger partial charge in [-0.3, -0.25) is 0 Å². The molecule has 1 saturated heterocycles. The van der Waals surface area contributed by atoms with Gasteiger partial charge in [0.15, 0.2) is 0 Å². The summed E-state index contributed by atoms with van der Waals surface area (Å²) in [6, 6.07) is 6.31. The molecule has 2 atom stereocenters. The van der Waals surface area contributed by atoms with Crippen LogP contribution < -0.4 is 15.5 Å². The van der Waals surface area contributed by atoms with Crippen LogP contribution in [0.15, 0.2) is 30.6 Å². The molecule has 2 aromatic rings. The Balaban J connectivity index is 1.25. The molecule has 1 fully saturated rings. The van der Waals surface area contributed by atoms with Crippen molar-refractivity contribution in [1.82, 2.24) is 20.1 Å². The summed E-state index contributed by atoms with van der Waals surface area (Å²) in [4.78, 5) is 6.92. The number of rotatable bonds is 5. The fourth-order valence-corrected chi connectivity index (χ4v) is 3.48. The molecule has 2 N–H and O–H groups in total. The monoisotopic (exact) mass is 342 g/mol. The van der Waals surface area contributed by atoms with Gasteiger partial charge in [0.2, 0.25) is 0 Å². The Morgan fingerprint density at radius 3 is 3.12 bits per heavy atom. The van der Waals surface area contributed by atoms with Gasteiger partial charge in [-0.1, -0.05) is 6.07 Å². The Hall–Kier alpha value is -2.12. The minimum absolute atomic E-state index is 0.274. The average Bonchev–Trinajstić information content (AvgIpc) is 3.10. The molecule has 0 bridgehead atoms. The van der Waals surface area contributed by atoms with Crippen LogP contribution in [0.3, 0.4) is 0 Å². The smallest absolute Gasteiger partial charge is 0.128 e. The van der Waals surface area contributed by atoms with E-state index in [-0.39, 0.29) is 6.10 Å². The second-order valence-electron chi connectivity index (χ2n) is 6.93. The standard InChI is InChI=1S/C18H26N6O/c1-14-12-23(6-7-25-14)17-3-2-15(10-20-17)8-19-9-16-11-21-18-4-5-22-24(18)13-16/h2-5,10,14,16,19,21H,6-9,11-13H2,1H3/t14-,16+/m1/s1. The van der Waals surface area contributed by atoms with Gasteiger partial charge >= 0.3 is 0 Å². The van der Waals surface area contributed by atoms with Gasteiger partial charge in [0.25, 0.3) is 0 Å². The SMILES string of the molecule is C[C@@H]1CN(c2ccc(CNC[C@H]3CNc4ccnn4C3)cn2)CCO1. The second kappa shape index (κ2) is 7.41. The molecule has 0 unspecified atom stereocenters. The number of ether oxygens (including phenoxy) is 1. The third-order valence-electron chi connectivity index (χ3n) is 4.86. The summed E-state index contributed by atoms with van der Waals surface area (Å²) >= 11 is 0. The molecular weight excluding hydrogens is 316 g/mol. The van der Waals surface area contributed by atoms with Gasteiger partial charge in [-0.05, 0) is 18.6 Å². The summed E-state index contributed by atoms with van der Waals surface area (Å²) in [5.74, 6) is 2.71. The first-order valence-corrected chi connectivity index (χ1v) is 9.06. The fourth-order valence-electron chi connectivity index (χ4n) is 3.48. The molecule has 2 aliphatic rings. The van der Waals surface area contributed by atoms with Gasteiger partial charge in [0.1, 0.15) is 11.6 Å². The van der Waals surface area contributed by atoms with Crippen molar-refractivity contribution in [2.24, 2.45) is 5.92 Å². The molecule has 0 aliphatic carbocycles. The number of nitrogens with zero attached hydrogens (tertiary/aromatic N) is 4. The first kappa shape index (κ1) is 16.4. The van der Waals surface area contributed by atoms with Crippen LogP contribution in [0.4, 0.5) is 11.6 Å². The van der Waals surface area contributed by atoms with E-state index in [1.807, 2.05) is 23.1 Å². The maximum Gasteiger partial charge on any atom is 0.128 e. The summed E-state index contributed by atoms with van der Waals surface area (Å²) in [7, 11) is 0. The fraction of sp³-hybridized carbons (Fsp3) is 0.556. The number of nitrogens with one attached hydrogen (secondary N) is 2. The van der Waals surface area contributed by atoms with E-state index in [0.29, 0.717) is 5.92 Å². The topological polar surface area (TPSA) is 67.2 Å². The minimum atomic E-state index is 0.274. The van der Waals surface area contributed by atoms with Crippen LogP contribution in [0.2, 0.25) is 0 Å². The van der Waals surface area contributed by atoms with Crippen molar-refractivity contribution >= 4 is 11.6 Å². The first-order valence-electron chi connectivity index (χ1n) is 9.06. The number of hydrogen-bond donors (Lipinski definition) is 2. The van der Waals surface area contributed by atoms with E-state index in [1.165, 1.54) is 5.56 Å². The van der Waals surface area contributed by atoms with Gasteiger partial charge in [0.05, 0.1) is 18.9 Å². The van der Waals surface area contributed by atoms with Crippen LogP contribution in [0.5, 0.6) is 0 Å². The van der Waals surface area contributed by atoms with Crippen LogP contribution in [0, 0.1) is 5.92 Å². The molecule has 134 valence electrons. The number of fused-ring (bicyclic) bond motifs is 1. The zero-order valence-electron chi connectivity index (χ0n) is 14.7. The lowest BCUT2D eigenvalue weighted by Crippen LogP contribution is -2.41. The highest BCUT2D eigenvalue weighted by molar-refractivity contribution is 5.40. The Morgan fingerprint density at radius 2 is 2.28 bits per heavy atom. The van der Waals surface area contributed by atoms with Crippen molar-refractivity contribution in [2.45, 2.75) is 26.1 Å². The van der Waals surface area contributed by atoms with Crippen LogP contribution >= 0.6 is 0 Å². The lowest BCUT2D eigenvalue weighted by Gasteiger charge is -2.32. The van der Waals surface area contributed by atoms with Gasteiger partial charge < -0.3 is 20.3 Å². The van der Waals surface area contributed by atoms with Gasteiger partial charge in [-0.15, -0.1) is 0 Å². The van der Waals surface area contributed by atoms with Gasteiger partial charge in [-0.25, -0.2) is 9.67 Å². The first-order chi connectivity index (χ1) is 12.3. The quantitative estimate of drug-likeness (QED) is 0.855. The zero-order chi connectivity index (χ0) is 17.1. The summed E-state index contributed by atoms with van der Waals surface area (Å²) in [5.41, 5.74) is 1.22. The lowest BCUT2D eigenvalue weighted by atomic mass is 10.1. The van der Waals surface area contributed by atoms with Crippen molar-refractivity contribution in [1.29, 1.82) is 0 Å². The molecule has 25 heavy (non-hydrogen) atoms. The molecule has 7 nitrogen and oxygen atoms in total. The average molecular weight is 342 g/mol. The van der Waals surface area contributed by atoms with Crippen LogP contribution in [-0.4, -0.2) is 53.7 Å². The minimum Gasteiger partial charge on any atom is -0.375 e. The molecule has 7 heteroatoms. The number of anilines is 2. The van der Waals surface area contributed by atoms with Gasteiger partial charge in [0, 0.05) is 57.4 Å². The summed E-state index contributed by atoms with van der Waals surface area (Å²) in [6.45, 7) is 8.48. The van der Waals surface area contributed by atoms with Crippen molar-refractivity contribution < 1.29 is 4.74 Å². The van der Waals surface area contributed by atoms with E-state index >= 15 is 0 Å². The molecule has 0 spiro atoms. The predicted octanol–water partition coefficient (Wildman–Crippen LogP) is 1.33. The number of morpholine rings is 1. The molecule has 0 aromatic carbocycles. The van der Waals surface area contributed by atoms with E-state index < -0.39 is 0 Å². The number of pyridine rings is 1. The normalized spacial score (nSPS) is 23.2. The maximum atomic E-state index is 5.59. The van der Waals surface area contributed by atoms with Gasteiger partial charge in [-0.2, -0.15) is 5.10 Å². The molecule has 4 heterocycles. The third kappa shape index (κ3) is 3.93. The molecule has 2 aliphatic heterocycles. The van der Waals surface area contributed by atoms with Crippen LogP contribution in [0.1, 0.15) is 12.5 Å². The molecule has 0 saturated carbocycles. The highest BCUT2D eigenvalue weighted by Gasteiger charge is 2.19. The van der Waals surface area contributed by atoms with E-state index in [0.717, 1.165) is 57.5 Å². The molecule has 0 amide bonds. The van der Waals surface area contributed by atoms with Crippen molar-refractivity contribution in [3.05, 3.63) is 36.2 Å². The summed E-state index contributed by atoms with van der Waals surface area (Å²) < 4.78 is 7.63. The Kier molecular flexibility index (Phi) is 4.85. The summed E-state index contributed by atoms with van der Waals surface area (Å²) in [6.07, 6.45) is 4.10. The van der Waals surface area contributed by atoms with E-state index in [2.05, 4.69) is 44.7 Å². The number of aromatic nitrogens is 3. The van der Waals surface area contributed by atoms with Crippen LogP contribution in [-0.2, 0) is 17.8 Å². The third-order valence-corrected chi connectivity index (χ3v) is 4.86. The highest BCUT2D eigenvalue weighted by atomic mass is 16.5. The maximum absolute atomic E-state index is 5.59. The second-order valence-corrected chi connectivity index (χ2v) is 6.93. The molecule has 2 aromatic heterocycles. The zero-order valence-corrected chi connectivity index (χ0v) is 14.7. The van der Waals surface area contributed by atoms with E-state index in [4.69, 9.17) is 4.74 Å². The Bertz CT molecular complexity index is 685. The highest BCUT2D eigenvalue weighted by Crippen LogP contribution is 2.17. The largest absolute Gasteiger partial charge is 0.375 e. The Labute approximate surface area is 148 Å². The molecule has 4 rings (SSSR count). The molecular formula is C18H26N6O. The molecule has 0 radical (unpaired) electrons. The number of hydrogen-bond acceptors (Lipinski definition) is 6. The van der Waals surface area contributed by atoms with E-state index in [1.54, 1.807) is 0 Å². The Morgan fingerprint density at radius 1 is 1.32 bits per heavy atom. The summed E-state index contributed by atoms with van der Waals surface area (Å²) in [5, 5.41) is 11.3. The predicted molar refractivity (Wildman–Crippen MR) is 97.8 cm³/mol.